The van der Waals surface area contributed by atoms with E-state index in [2.05, 4.69) is 36.5 Å². The number of piperidine rings is 1. The zero-order chi connectivity index (χ0) is 16.9. The van der Waals surface area contributed by atoms with Crippen molar-refractivity contribution >= 4 is 5.91 Å². The Morgan fingerprint density at radius 1 is 1.29 bits per heavy atom. The van der Waals surface area contributed by atoms with E-state index in [9.17, 15) is 4.79 Å². The van der Waals surface area contributed by atoms with Gasteiger partial charge in [0.15, 0.2) is 0 Å². The highest BCUT2D eigenvalue weighted by atomic mass is 16.5. The number of benzene rings is 1. The summed E-state index contributed by atoms with van der Waals surface area (Å²) in [6.07, 6.45) is 6.40. The summed E-state index contributed by atoms with van der Waals surface area (Å²) in [5, 5.41) is 3.67. The van der Waals surface area contributed by atoms with Gasteiger partial charge in [-0.25, -0.2) is 0 Å². The third-order valence-corrected chi connectivity index (χ3v) is 5.42. The molecule has 2 aliphatic rings. The van der Waals surface area contributed by atoms with Crippen LogP contribution >= 0.6 is 0 Å². The summed E-state index contributed by atoms with van der Waals surface area (Å²) < 4.78 is 6.10. The molecule has 4 heteroatoms. The molecule has 0 spiro atoms. The van der Waals surface area contributed by atoms with Gasteiger partial charge in [0.2, 0.25) is 5.91 Å². The van der Waals surface area contributed by atoms with Crippen LogP contribution in [0.2, 0.25) is 0 Å². The molecule has 1 heterocycles. The Kier molecular flexibility index (Phi) is 5.77. The smallest absolute Gasteiger partial charge is 0.219 e. The van der Waals surface area contributed by atoms with Crippen LogP contribution in [0, 0.1) is 5.92 Å². The summed E-state index contributed by atoms with van der Waals surface area (Å²) in [7, 11) is 0. The molecule has 0 radical (unpaired) electrons. The third kappa shape index (κ3) is 4.50. The van der Waals surface area contributed by atoms with Crippen molar-refractivity contribution in [2.75, 3.05) is 13.1 Å². The Morgan fingerprint density at radius 2 is 2.08 bits per heavy atom. The van der Waals surface area contributed by atoms with E-state index in [1.165, 1.54) is 31.2 Å². The van der Waals surface area contributed by atoms with Crippen LogP contribution in [0.3, 0.4) is 0 Å². The predicted octanol–water partition coefficient (Wildman–Crippen LogP) is 3.35. The minimum Gasteiger partial charge on any atom is -0.490 e. The predicted molar refractivity (Wildman–Crippen MR) is 96.0 cm³/mol. The maximum atomic E-state index is 11.5. The first-order chi connectivity index (χ1) is 11.6. The Bertz CT molecular complexity index is 554. The zero-order valence-electron chi connectivity index (χ0n) is 15.0. The molecule has 0 aromatic heterocycles. The van der Waals surface area contributed by atoms with Crippen molar-refractivity contribution in [1.82, 2.24) is 10.2 Å². The van der Waals surface area contributed by atoms with Gasteiger partial charge in [0, 0.05) is 32.6 Å². The van der Waals surface area contributed by atoms with Crippen molar-refractivity contribution in [3.8, 4) is 5.75 Å². The van der Waals surface area contributed by atoms with E-state index in [4.69, 9.17) is 4.74 Å². The minimum absolute atomic E-state index is 0.192. The van der Waals surface area contributed by atoms with E-state index >= 15 is 0 Å². The monoisotopic (exact) mass is 330 g/mol. The number of hydrogen-bond acceptors (Lipinski definition) is 3. The zero-order valence-corrected chi connectivity index (χ0v) is 15.0. The Hall–Kier alpha value is -1.55. The fraction of sp³-hybridized carbons (Fsp3) is 0.650. The van der Waals surface area contributed by atoms with Gasteiger partial charge in [-0.05, 0) is 55.7 Å². The summed E-state index contributed by atoms with van der Waals surface area (Å²) >= 11 is 0. The van der Waals surface area contributed by atoms with E-state index < -0.39 is 0 Å². The molecular weight excluding hydrogens is 300 g/mol. The molecule has 1 saturated carbocycles. The van der Waals surface area contributed by atoms with Gasteiger partial charge in [-0.1, -0.05) is 19.1 Å². The average molecular weight is 330 g/mol. The lowest BCUT2D eigenvalue weighted by Gasteiger charge is -2.37. The highest BCUT2D eigenvalue weighted by Crippen LogP contribution is 2.25. The molecule has 132 valence electrons. The summed E-state index contributed by atoms with van der Waals surface area (Å²) in [5.74, 6) is 1.68. The third-order valence-electron chi connectivity index (χ3n) is 5.42. The van der Waals surface area contributed by atoms with Crippen molar-refractivity contribution in [2.45, 2.75) is 64.6 Å². The van der Waals surface area contributed by atoms with E-state index in [-0.39, 0.29) is 5.91 Å². The van der Waals surface area contributed by atoms with Crippen LogP contribution in [-0.2, 0) is 11.3 Å². The van der Waals surface area contributed by atoms with Crippen LogP contribution in [-0.4, -0.2) is 36.0 Å². The number of ether oxygens (including phenoxy) is 1. The van der Waals surface area contributed by atoms with Crippen LogP contribution in [0.25, 0.3) is 0 Å². The van der Waals surface area contributed by atoms with E-state index in [1.54, 1.807) is 6.92 Å². The molecule has 2 atom stereocenters. The first kappa shape index (κ1) is 17.3. The van der Waals surface area contributed by atoms with Gasteiger partial charge in [0.25, 0.3) is 0 Å². The molecule has 24 heavy (non-hydrogen) atoms. The molecule has 2 fully saturated rings. The fourth-order valence-electron chi connectivity index (χ4n) is 3.91. The van der Waals surface area contributed by atoms with Crippen LogP contribution in [0.1, 0.15) is 51.5 Å². The molecule has 1 amide bonds. The minimum atomic E-state index is 0.192. The molecule has 1 N–H and O–H groups in total. The highest BCUT2D eigenvalue weighted by molar-refractivity contribution is 5.73. The van der Waals surface area contributed by atoms with Crippen molar-refractivity contribution in [3.05, 3.63) is 29.8 Å². The van der Waals surface area contributed by atoms with Gasteiger partial charge < -0.3 is 15.0 Å². The van der Waals surface area contributed by atoms with Crippen LogP contribution in [0.15, 0.2) is 24.3 Å². The van der Waals surface area contributed by atoms with Crippen LogP contribution in [0.5, 0.6) is 5.75 Å². The Morgan fingerprint density at radius 3 is 2.79 bits per heavy atom. The van der Waals surface area contributed by atoms with Crippen LogP contribution < -0.4 is 10.1 Å². The molecule has 4 nitrogen and oxygen atoms in total. The largest absolute Gasteiger partial charge is 0.490 e. The first-order valence-electron chi connectivity index (χ1n) is 9.36. The van der Waals surface area contributed by atoms with Crippen molar-refractivity contribution in [3.63, 3.8) is 0 Å². The van der Waals surface area contributed by atoms with Crippen molar-refractivity contribution in [1.29, 1.82) is 0 Å². The van der Waals surface area contributed by atoms with E-state index in [1.807, 2.05) is 4.90 Å². The lowest BCUT2D eigenvalue weighted by Crippen LogP contribution is -2.49. The molecule has 1 aromatic rings. The molecular formula is C20H30N2O2. The number of nitrogens with zero attached hydrogens (tertiary/aromatic N) is 1. The standard InChI is InChI=1S/C20H30N2O2/c1-15-14-22(16(2)23)11-10-20(15)21-13-17-6-5-9-19(12-17)24-18-7-3-4-8-18/h5-6,9,12,15,18,20-21H,3-4,7-8,10-11,13-14H2,1-2H3/t15-,20+/m1/s1. The van der Waals surface area contributed by atoms with Crippen LogP contribution in [0.4, 0.5) is 0 Å². The average Bonchev–Trinajstić information content (AvgIpc) is 3.07. The highest BCUT2D eigenvalue weighted by Gasteiger charge is 2.26. The Labute approximate surface area is 145 Å². The number of rotatable bonds is 5. The fourth-order valence-corrected chi connectivity index (χ4v) is 3.91. The van der Waals surface area contributed by atoms with Gasteiger partial charge in [0.1, 0.15) is 5.75 Å². The van der Waals surface area contributed by atoms with Gasteiger partial charge in [0.05, 0.1) is 6.10 Å². The molecule has 3 rings (SSSR count). The van der Waals surface area contributed by atoms with E-state index in [0.29, 0.717) is 18.1 Å². The molecule has 1 aliphatic heterocycles. The number of hydrogen-bond donors (Lipinski definition) is 1. The molecule has 1 saturated heterocycles. The maximum absolute atomic E-state index is 11.5. The maximum Gasteiger partial charge on any atom is 0.219 e. The first-order valence-corrected chi connectivity index (χ1v) is 9.36. The molecule has 0 bridgehead atoms. The lowest BCUT2D eigenvalue weighted by molar-refractivity contribution is -0.130. The van der Waals surface area contributed by atoms with Gasteiger partial charge in [-0.3, -0.25) is 4.79 Å². The summed E-state index contributed by atoms with van der Waals surface area (Å²) in [6, 6.07) is 8.95. The quantitative estimate of drug-likeness (QED) is 0.900. The second-order valence-corrected chi connectivity index (χ2v) is 7.39. The number of nitrogens with one attached hydrogen (secondary N) is 1. The molecule has 0 unspecified atom stereocenters. The molecule has 1 aromatic carbocycles. The topological polar surface area (TPSA) is 41.6 Å². The number of carbonyl (C=O) groups is 1. The second-order valence-electron chi connectivity index (χ2n) is 7.39. The number of likely N-dealkylation sites (tertiary alicyclic amines) is 1. The summed E-state index contributed by atoms with van der Waals surface area (Å²) in [5.41, 5.74) is 1.27. The normalized spacial score (nSPS) is 25.0. The van der Waals surface area contributed by atoms with Crippen molar-refractivity contribution in [2.24, 2.45) is 5.92 Å². The molecule has 1 aliphatic carbocycles. The van der Waals surface area contributed by atoms with Crippen molar-refractivity contribution < 1.29 is 9.53 Å². The van der Waals surface area contributed by atoms with E-state index in [0.717, 1.165) is 31.8 Å². The van der Waals surface area contributed by atoms with Gasteiger partial charge >= 0.3 is 0 Å². The number of amides is 1. The summed E-state index contributed by atoms with van der Waals surface area (Å²) in [6.45, 7) is 6.47. The van der Waals surface area contributed by atoms with Gasteiger partial charge in [-0.15, -0.1) is 0 Å². The Balaban J connectivity index is 1.50. The van der Waals surface area contributed by atoms with Gasteiger partial charge in [-0.2, -0.15) is 0 Å². The number of carbonyl (C=O) groups excluding carboxylic acids is 1. The summed E-state index contributed by atoms with van der Waals surface area (Å²) in [4.78, 5) is 13.5. The second kappa shape index (κ2) is 8.02. The SMILES string of the molecule is CC(=O)N1CC[C@H](NCc2cccc(OC3CCCC3)c2)[C@H](C)C1. The lowest BCUT2D eigenvalue weighted by atomic mass is 9.93.